The van der Waals surface area contributed by atoms with Crippen LogP contribution in [0.25, 0.3) is 11.0 Å². The summed E-state index contributed by atoms with van der Waals surface area (Å²) in [5, 5.41) is 4.06. The highest BCUT2D eigenvalue weighted by Crippen LogP contribution is 2.29. The molecule has 1 aromatic heterocycles. The van der Waals surface area contributed by atoms with Gasteiger partial charge in [-0.1, -0.05) is 28.1 Å². The Morgan fingerprint density at radius 1 is 1.21 bits per heavy atom. The van der Waals surface area contributed by atoms with Crippen LogP contribution in [-0.4, -0.2) is 37.6 Å². The Hall–Kier alpha value is -2.31. The van der Waals surface area contributed by atoms with Crippen molar-refractivity contribution in [2.24, 2.45) is 0 Å². The summed E-state index contributed by atoms with van der Waals surface area (Å²) in [6.45, 7) is 4.55. The molecule has 0 saturated carbocycles. The summed E-state index contributed by atoms with van der Waals surface area (Å²) in [7, 11) is 1.67. The number of benzene rings is 2. The Kier molecular flexibility index (Phi) is 5.92. The summed E-state index contributed by atoms with van der Waals surface area (Å²) in [5.74, 6) is 1.04. The number of aryl methyl sites for hydroxylation is 1. The van der Waals surface area contributed by atoms with Crippen LogP contribution in [0.3, 0.4) is 0 Å². The molecule has 0 unspecified atom stereocenters. The second-order valence-electron chi connectivity index (χ2n) is 7.44. The second kappa shape index (κ2) is 8.59. The average molecular weight is 457 g/mol. The number of likely N-dealkylation sites (tertiary alicyclic amines) is 1. The van der Waals surface area contributed by atoms with E-state index in [-0.39, 0.29) is 11.9 Å². The average Bonchev–Trinajstić information content (AvgIpc) is 3.37. The van der Waals surface area contributed by atoms with Gasteiger partial charge in [0.05, 0.1) is 13.2 Å². The predicted octanol–water partition coefficient (Wildman–Crippen LogP) is 5.08. The summed E-state index contributed by atoms with van der Waals surface area (Å²) in [6.07, 6.45) is 2.39. The highest BCUT2D eigenvalue weighted by atomic mass is 79.9. The molecule has 3 aromatic rings. The SMILES string of the molecule is COc1ccc([C@@H](CNC(=O)c2oc3ccc(Br)cc3c2C)N2CCCC2)cc1. The van der Waals surface area contributed by atoms with E-state index in [1.165, 1.54) is 18.4 Å². The number of carbonyl (C=O) groups is 1. The summed E-state index contributed by atoms with van der Waals surface area (Å²) >= 11 is 3.48. The number of hydrogen-bond donors (Lipinski definition) is 1. The molecule has 2 aromatic carbocycles. The molecule has 1 aliphatic heterocycles. The highest BCUT2D eigenvalue weighted by Gasteiger charge is 2.25. The van der Waals surface area contributed by atoms with Crippen molar-refractivity contribution < 1.29 is 13.9 Å². The first-order chi connectivity index (χ1) is 14.1. The van der Waals surface area contributed by atoms with E-state index in [1.807, 2.05) is 37.3 Å². The first-order valence-corrected chi connectivity index (χ1v) is 10.7. The van der Waals surface area contributed by atoms with Crippen molar-refractivity contribution in [1.29, 1.82) is 0 Å². The van der Waals surface area contributed by atoms with Crippen molar-refractivity contribution in [3.05, 3.63) is 63.8 Å². The van der Waals surface area contributed by atoms with Crippen LogP contribution in [0.5, 0.6) is 5.75 Å². The number of hydrogen-bond acceptors (Lipinski definition) is 4. The van der Waals surface area contributed by atoms with Crippen LogP contribution in [0.15, 0.2) is 51.4 Å². The number of methoxy groups -OCH3 is 1. The first-order valence-electron chi connectivity index (χ1n) is 9.91. The number of amides is 1. The molecule has 0 bridgehead atoms. The fourth-order valence-corrected chi connectivity index (χ4v) is 4.38. The van der Waals surface area contributed by atoms with Gasteiger partial charge in [-0.3, -0.25) is 9.69 Å². The maximum atomic E-state index is 12.9. The van der Waals surface area contributed by atoms with Crippen LogP contribution in [0, 0.1) is 6.92 Å². The molecule has 152 valence electrons. The predicted molar refractivity (Wildman–Crippen MR) is 118 cm³/mol. The summed E-state index contributed by atoms with van der Waals surface area (Å²) in [4.78, 5) is 15.4. The molecule has 4 rings (SSSR count). The zero-order valence-corrected chi connectivity index (χ0v) is 18.3. The maximum Gasteiger partial charge on any atom is 0.287 e. The van der Waals surface area contributed by atoms with E-state index in [1.54, 1.807) is 7.11 Å². The van der Waals surface area contributed by atoms with Crippen LogP contribution in [-0.2, 0) is 0 Å². The monoisotopic (exact) mass is 456 g/mol. The molecular weight excluding hydrogens is 432 g/mol. The van der Waals surface area contributed by atoms with E-state index < -0.39 is 0 Å². The van der Waals surface area contributed by atoms with Crippen molar-refractivity contribution in [3.63, 3.8) is 0 Å². The zero-order valence-electron chi connectivity index (χ0n) is 16.7. The van der Waals surface area contributed by atoms with Gasteiger partial charge in [0.15, 0.2) is 5.76 Å². The van der Waals surface area contributed by atoms with Gasteiger partial charge in [-0.05, 0) is 68.8 Å². The van der Waals surface area contributed by atoms with Gasteiger partial charge in [-0.2, -0.15) is 0 Å². The van der Waals surface area contributed by atoms with Crippen molar-refractivity contribution in [3.8, 4) is 5.75 Å². The van der Waals surface area contributed by atoms with E-state index in [9.17, 15) is 4.79 Å². The molecule has 1 fully saturated rings. The van der Waals surface area contributed by atoms with Gasteiger partial charge in [0.1, 0.15) is 11.3 Å². The normalized spacial score (nSPS) is 15.6. The number of ether oxygens (including phenoxy) is 1. The molecule has 1 amide bonds. The molecule has 1 atom stereocenters. The molecule has 1 N–H and O–H groups in total. The molecule has 0 radical (unpaired) electrons. The fourth-order valence-electron chi connectivity index (χ4n) is 4.02. The topological polar surface area (TPSA) is 54.7 Å². The van der Waals surface area contributed by atoms with Crippen molar-refractivity contribution in [2.75, 3.05) is 26.7 Å². The van der Waals surface area contributed by atoms with Crippen LogP contribution < -0.4 is 10.1 Å². The number of halogens is 1. The van der Waals surface area contributed by atoms with Gasteiger partial charge in [0.2, 0.25) is 0 Å². The Balaban J connectivity index is 1.53. The van der Waals surface area contributed by atoms with E-state index in [2.05, 4.69) is 38.3 Å². The quantitative estimate of drug-likeness (QED) is 0.561. The minimum absolute atomic E-state index is 0.131. The van der Waals surface area contributed by atoms with Gasteiger partial charge in [0, 0.05) is 22.0 Å². The minimum atomic E-state index is -0.174. The number of carbonyl (C=O) groups excluding carboxylic acids is 1. The van der Waals surface area contributed by atoms with E-state index >= 15 is 0 Å². The molecule has 2 heterocycles. The smallest absolute Gasteiger partial charge is 0.287 e. The number of nitrogens with zero attached hydrogens (tertiary/aromatic N) is 1. The molecule has 1 saturated heterocycles. The van der Waals surface area contributed by atoms with Crippen LogP contribution in [0.4, 0.5) is 0 Å². The molecule has 6 heteroatoms. The van der Waals surface area contributed by atoms with Gasteiger partial charge < -0.3 is 14.5 Å². The molecule has 0 aliphatic carbocycles. The lowest BCUT2D eigenvalue weighted by molar-refractivity contribution is 0.0911. The maximum absolute atomic E-state index is 12.9. The third-order valence-electron chi connectivity index (χ3n) is 5.64. The van der Waals surface area contributed by atoms with Gasteiger partial charge in [-0.15, -0.1) is 0 Å². The Labute approximate surface area is 179 Å². The Morgan fingerprint density at radius 2 is 1.93 bits per heavy atom. The number of rotatable bonds is 6. The van der Waals surface area contributed by atoms with Crippen LogP contribution >= 0.6 is 15.9 Å². The number of nitrogens with one attached hydrogen (secondary N) is 1. The largest absolute Gasteiger partial charge is 0.497 e. The first kappa shape index (κ1) is 20.0. The van der Waals surface area contributed by atoms with E-state index in [4.69, 9.17) is 9.15 Å². The summed E-state index contributed by atoms with van der Waals surface area (Å²) < 4.78 is 12.1. The lowest BCUT2D eigenvalue weighted by atomic mass is 10.0. The van der Waals surface area contributed by atoms with Crippen LogP contribution in [0.2, 0.25) is 0 Å². The standard InChI is InChI=1S/C23H25BrN2O3/c1-15-19-13-17(24)7-10-21(19)29-22(15)23(27)25-14-20(26-11-3-4-12-26)16-5-8-18(28-2)9-6-16/h5-10,13,20H,3-4,11-12,14H2,1-2H3,(H,25,27)/t20-/m1/s1. The van der Waals surface area contributed by atoms with Gasteiger partial charge in [-0.25, -0.2) is 0 Å². The molecule has 5 nitrogen and oxygen atoms in total. The molecule has 29 heavy (non-hydrogen) atoms. The Bertz CT molecular complexity index is 1010. The van der Waals surface area contributed by atoms with Gasteiger partial charge >= 0.3 is 0 Å². The third-order valence-corrected chi connectivity index (χ3v) is 6.14. The summed E-state index contributed by atoms with van der Waals surface area (Å²) in [6, 6.07) is 14.0. The van der Waals surface area contributed by atoms with E-state index in [0.29, 0.717) is 12.3 Å². The Morgan fingerprint density at radius 3 is 2.62 bits per heavy atom. The van der Waals surface area contributed by atoms with Crippen molar-refractivity contribution >= 4 is 32.8 Å². The van der Waals surface area contributed by atoms with Gasteiger partial charge in [0.25, 0.3) is 5.91 Å². The zero-order chi connectivity index (χ0) is 20.4. The lowest BCUT2D eigenvalue weighted by Crippen LogP contribution is -2.36. The third kappa shape index (κ3) is 4.19. The van der Waals surface area contributed by atoms with Crippen LogP contribution in [0.1, 0.15) is 40.6 Å². The van der Waals surface area contributed by atoms with E-state index in [0.717, 1.165) is 39.8 Å². The lowest BCUT2D eigenvalue weighted by Gasteiger charge is -2.28. The molecule has 0 spiro atoms. The van der Waals surface area contributed by atoms with Crippen molar-refractivity contribution in [2.45, 2.75) is 25.8 Å². The molecular formula is C23H25BrN2O3. The number of furan rings is 1. The summed E-state index contributed by atoms with van der Waals surface area (Å²) in [5.41, 5.74) is 2.77. The minimum Gasteiger partial charge on any atom is -0.497 e. The highest BCUT2D eigenvalue weighted by molar-refractivity contribution is 9.10. The number of fused-ring (bicyclic) bond motifs is 1. The fraction of sp³-hybridized carbons (Fsp3) is 0.348. The van der Waals surface area contributed by atoms with Crippen molar-refractivity contribution in [1.82, 2.24) is 10.2 Å². The second-order valence-corrected chi connectivity index (χ2v) is 8.35. The molecule has 1 aliphatic rings.